The number of carbonyl (C=O) groups excluding carboxylic acids is 2. The number of hydrogen-bond acceptors (Lipinski definition) is 5. The van der Waals surface area contributed by atoms with Crippen LogP contribution in [0.3, 0.4) is 0 Å². The van der Waals surface area contributed by atoms with Crippen molar-refractivity contribution < 1.29 is 19.2 Å². The SMILES string of the molecule is C=C1NC(=O)C[C@H](c2cc([N+](=O)[O-])ccc2Cl)[C@H]1C(=O)OCc1ccccc1. The lowest BCUT2D eigenvalue weighted by Crippen LogP contribution is -2.41. The van der Waals surface area contributed by atoms with E-state index in [-0.39, 0.29) is 35.3 Å². The van der Waals surface area contributed by atoms with Crippen molar-refractivity contribution >= 4 is 29.2 Å². The van der Waals surface area contributed by atoms with E-state index in [9.17, 15) is 19.7 Å². The Labute approximate surface area is 166 Å². The van der Waals surface area contributed by atoms with Crippen LogP contribution in [0, 0.1) is 16.0 Å². The first-order chi connectivity index (χ1) is 13.4. The zero-order chi connectivity index (χ0) is 20.3. The van der Waals surface area contributed by atoms with Crippen molar-refractivity contribution in [1.29, 1.82) is 0 Å². The van der Waals surface area contributed by atoms with Gasteiger partial charge in [-0.05, 0) is 17.2 Å². The van der Waals surface area contributed by atoms with Gasteiger partial charge in [-0.1, -0.05) is 48.5 Å². The van der Waals surface area contributed by atoms with E-state index in [4.69, 9.17) is 16.3 Å². The van der Waals surface area contributed by atoms with Gasteiger partial charge in [0.1, 0.15) is 12.5 Å². The lowest BCUT2D eigenvalue weighted by Gasteiger charge is -2.32. The average Bonchev–Trinajstić information content (AvgIpc) is 2.66. The number of non-ortho nitro benzene ring substituents is 1. The number of carbonyl (C=O) groups is 2. The molecule has 7 nitrogen and oxygen atoms in total. The molecule has 0 aromatic heterocycles. The molecule has 0 bridgehead atoms. The Hall–Kier alpha value is -3.19. The second-order valence-electron chi connectivity index (χ2n) is 6.42. The summed E-state index contributed by atoms with van der Waals surface area (Å²) in [5.41, 5.74) is 1.16. The molecule has 8 heteroatoms. The van der Waals surface area contributed by atoms with Crippen LogP contribution in [-0.2, 0) is 20.9 Å². The first-order valence-electron chi connectivity index (χ1n) is 8.50. The molecule has 0 unspecified atom stereocenters. The highest BCUT2D eigenvalue weighted by Gasteiger charge is 2.40. The van der Waals surface area contributed by atoms with Crippen LogP contribution >= 0.6 is 11.6 Å². The van der Waals surface area contributed by atoms with Gasteiger partial charge in [-0.25, -0.2) is 0 Å². The summed E-state index contributed by atoms with van der Waals surface area (Å²) in [4.78, 5) is 35.4. The molecule has 3 rings (SSSR count). The van der Waals surface area contributed by atoms with Gasteiger partial charge in [-0.2, -0.15) is 0 Å². The number of esters is 1. The van der Waals surface area contributed by atoms with E-state index >= 15 is 0 Å². The third-order valence-electron chi connectivity index (χ3n) is 4.55. The van der Waals surface area contributed by atoms with Crippen molar-refractivity contribution in [3.8, 4) is 0 Å². The number of nitrogens with one attached hydrogen (secondary N) is 1. The van der Waals surface area contributed by atoms with Crippen LogP contribution in [0.4, 0.5) is 5.69 Å². The third-order valence-corrected chi connectivity index (χ3v) is 4.90. The highest BCUT2D eigenvalue weighted by molar-refractivity contribution is 6.31. The van der Waals surface area contributed by atoms with Gasteiger partial charge in [-0.15, -0.1) is 0 Å². The van der Waals surface area contributed by atoms with E-state index in [2.05, 4.69) is 11.9 Å². The van der Waals surface area contributed by atoms with E-state index in [1.165, 1.54) is 18.2 Å². The maximum atomic E-state index is 12.8. The summed E-state index contributed by atoms with van der Waals surface area (Å²) in [5.74, 6) is -2.54. The monoisotopic (exact) mass is 400 g/mol. The number of rotatable bonds is 5. The van der Waals surface area contributed by atoms with Crippen molar-refractivity contribution in [1.82, 2.24) is 5.32 Å². The summed E-state index contributed by atoms with van der Waals surface area (Å²) in [6.45, 7) is 3.84. The predicted octanol–water partition coefficient (Wildman–Crippen LogP) is 3.73. The fraction of sp³-hybridized carbons (Fsp3) is 0.200. The lowest BCUT2D eigenvalue weighted by atomic mass is 9.79. The Morgan fingerprint density at radius 3 is 2.68 bits per heavy atom. The van der Waals surface area contributed by atoms with Crippen molar-refractivity contribution in [3.63, 3.8) is 0 Å². The zero-order valence-electron chi connectivity index (χ0n) is 14.8. The normalized spacial score (nSPS) is 19.0. The van der Waals surface area contributed by atoms with E-state index in [1.54, 1.807) is 0 Å². The van der Waals surface area contributed by atoms with E-state index in [0.29, 0.717) is 5.56 Å². The van der Waals surface area contributed by atoms with Crippen LogP contribution < -0.4 is 5.32 Å². The zero-order valence-corrected chi connectivity index (χ0v) is 15.5. The molecule has 0 spiro atoms. The summed E-state index contributed by atoms with van der Waals surface area (Å²) in [7, 11) is 0. The average molecular weight is 401 g/mol. The Bertz CT molecular complexity index is 945. The van der Waals surface area contributed by atoms with Gasteiger partial charge in [0.15, 0.2) is 0 Å². The molecule has 0 radical (unpaired) electrons. The second kappa shape index (κ2) is 8.22. The minimum atomic E-state index is -0.902. The maximum absolute atomic E-state index is 12.8. The maximum Gasteiger partial charge on any atom is 0.315 e. The van der Waals surface area contributed by atoms with Crippen molar-refractivity contribution in [3.05, 3.63) is 87.1 Å². The van der Waals surface area contributed by atoms with Crippen LogP contribution in [-0.4, -0.2) is 16.8 Å². The molecular weight excluding hydrogens is 384 g/mol. The molecule has 1 fully saturated rings. The molecule has 2 aromatic carbocycles. The van der Waals surface area contributed by atoms with Gasteiger partial charge in [0.25, 0.3) is 5.69 Å². The predicted molar refractivity (Wildman–Crippen MR) is 102 cm³/mol. The number of nitro groups is 1. The fourth-order valence-electron chi connectivity index (χ4n) is 3.21. The van der Waals surface area contributed by atoms with Gasteiger partial charge in [-0.3, -0.25) is 19.7 Å². The molecule has 1 aliphatic heterocycles. The second-order valence-corrected chi connectivity index (χ2v) is 6.83. The van der Waals surface area contributed by atoms with Crippen molar-refractivity contribution in [2.24, 2.45) is 5.92 Å². The molecule has 28 heavy (non-hydrogen) atoms. The van der Waals surface area contributed by atoms with Crippen LogP contribution in [0.1, 0.15) is 23.5 Å². The molecule has 1 N–H and O–H groups in total. The Morgan fingerprint density at radius 2 is 2.00 bits per heavy atom. The molecule has 1 heterocycles. The molecule has 0 saturated carbocycles. The molecule has 2 aromatic rings. The number of ether oxygens (including phenoxy) is 1. The van der Waals surface area contributed by atoms with Gasteiger partial charge < -0.3 is 10.1 Å². The number of amides is 1. The largest absolute Gasteiger partial charge is 0.460 e. The van der Waals surface area contributed by atoms with Crippen molar-refractivity contribution in [2.45, 2.75) is 18.9 Å². The number of hydrogen-bond donors (Lipinski definition) is 1. The van der Waals surface area contributed by atoms with Gasteiger partial charge in [0, 0.05) is 35.2 Å². The Morgan fingerprint density at radius 1 is 1.29 bits per heavy atom. The minimum Gasteiger partial charge on any atom is -0.460 e. The molecule has 1 saturated heterocycles. The first kappa shape index (κ1) is 19.6. The lowest BCUT2D eigenvalue weighted by molar-refractivity contribution is -0.384. The molecule has 1 aliphatic rings. The van der Waals surface area contributed by atoms with Crippen LogP contribution in [0.2, 0.25) is 5.02 Å². The Balaban J connectivity index is 1.90. The van der Waals surface area contributed by atoms with Crippen LogP contribution in [0.15, 0.2) is 60.8 Å². The van der Waals surface area contributed by atoms with Gasteiger partial charge in [0.2, 0.25) is 5.91 Å². The number of halogens is 1. The quantitative estimate of drug-likeness (QED) is 0.468. The van der Waals surface area contributed by atoms with Crippen LogP contribution in [0.25, 0.3) is 0 Å². The smallest absolute Gasteiger partial charge is 0.315 e. The molecule has 0 aliphatic carbocycles. The number of piperidine rings is 1. The number of benzene rings is 2. The number of nitro benzene ring substituents is 1. The highest BCUT2D eigenvalue weighted by Crippen LogP contribution is 2.40. The van der Waals surface area contributed by atoms with Crippen LogP contribution in [0.5, 0.6) is 0 Å². The summed E-state index contributed by atoms with van der Waals surface area (Å²) in [6, 6.07) is 13.1. The topological polar surface area (TPSA) is 98.5 Å². The highest BCUT2D eigenvalue weighted by atomic mass is 35.5. The summed E-state index contributed by atoms with van der Waals surface area (Å²) < 4.78 is 5.41. The standard InChI is InChI=1S/C20H17ClN2O5/c1-12-19(20(25)28-11-13-5-3-2-4-6-13)16(10-18(24)22-12)15-9-14(23(26)27)7-8-17(15)21/h2-9,16,19H,1,10-11H2,(H,22,24)/t16-,19+/m1/s1. The third kappa shape index (κ3) is 4.20. The van der Waals surface area contributed by atoms with Gasteiger partial charge in [0.05, 0.1) is 4.92 Å². The summed E-state index contributed by atoms with van der Waals surface area (Å²) >= 11 is 6.24. The van der Waals surface area contributed by atoms with E-state index < -0.39 is 22.7 Å². The van der Waals surface area contributed by atoms with E-state index in [1.807, 2.05) is 30.3 Å². The van der Waals surface area contributed by atoms with Gasteiger partial charge >= 0.3 is 5.97 Å². The molecule has 1 amide bonds. The Kier molecular flexibility index (Phi) is 5.75. The molecular formula is C20H17ClN2O5. The number of nitrogens with zero attached hydrogens (tertiary/aromatic N) is 1. The first-order valence-corrected chi connectivity index (χ1v) is 8.87. The molecule has 2 atom stereocenters. The summed E-state index contributed by atoms with van der Waals surface area (Å²) in [5, 5.41) is 13.9. The summed E-state index contributed by atoms with van der Waals surface area (Å²) in [6.07, 6.45) is -0.0645. The fourth-order valence-corrected chi connectivity index (χ4v) is 3.47. The van der Waals surface area contributed by atoms with Crippen molar-refractivity contribution in [2.75, 3.05) is 0 Å². The minimum absolute atomic E-state index is 0.0623. The molecule has 144 valence electrons. The van der Waals surface area contributed by atoms with E-state index in [0.717, 1.165) is 5.56 Å².